The molecule has 0 aromatic carbocycles. The van der Waals surface area contributed by atoms with Gasteiger partial charge in [-0.15, -0.1) is 0 Å². The summed E-state index contributed by atoms with van der Waals surface area (Å²) >= 11 is 0. The smallest absolute Gasteiger partial charge is 0.323 e. The highest BCUT2D eigenvalue weighted by atomic mass is 28.4. The van der Waals surface area contributed by atoms with Gasteiger partial charge in [0.2, 0.25) is 0 Å². The van der Waals surface area contributed by atoms with E-state index >= 15 is 0 Å². The minimum absolute atomic E-state index is 0.0999. The van der Waals surface area contributed by atoms with Crippen molar-refractivity contribution >= 4 is 20.3 Å². The Morgan fingerprint density at radius 3 is 1.75 bits per heavy atom. The number of esters is 2. The number of rotatable bonds is 6. The fourth-order valence-corrected chi connectivity index (χ4v) is 4.25. The molecule has 0 radical (unpaired) electrons. The summed E-state index contributed by atoms with van der Waals surface area (Å²) in [4.78, 5) is 24.9. The van der Waals surface area contributed by atoms with Crippen LogP contribution in [0.4, 0.5) is 0 Å². The van der Waals surface area contributed by atoms with Gasteiger partial charge in [-0.25, -0.2) is 0 Å². The first-order chi connectivity index (χ1) is 11.0. The molecular formula is C18H34O5Si. The lowest BCUT2D eigenvalue weighted by molar-refractivity contribution is -0.176. The molecule has 140 valence electrons. The third kappa shape index (κ3) is 4.60. The van der Waals surface area contributed by atoms with E-state index in [4.69, 9.17) is 13.9 Å². The van der Waals surface area contributed by atoms with Gasteiger partial charge in [0.25, 0.3) is 0 Å². The van der Waals surface area contributed by atoms with E-state index < -0.39 is 25.7 Å². The summed E-state index contributed by atoms with van der Waals surface area (Å²) in [5, 5.41) is 0.143. The summed E-state index contributed by atoms with van der Waals surface area (Å²) < 4.78 is 16.8. The molecule has 1 aliphatic carbocycles. The predicted octanol–water partition coefficient (Wildman–Crippen LogP) is 4.06. The van der Waals surface area contributed by atoms with E-state index in [-0.39, 0.29) is 24.4 Å². The summed E-state index contributed by atoms with van der Waals surface area (Å²) in [6, 6.07) is 0. The number of carbonyl (C=O) groups excluding carboxylic acids is 2. The molecule has 1 saturated carbocycles. The quantitative estimate of drug-likeness (QED) is 0.407. The summed E-state index contributed by atoms with van der Waals surface area (Å²) in [5.41, 5.74) is -1.15. The van der Waals surface area contributed by atoms with Crippen molar-refractivity contribution in [3.63, 3.8) is 0 Å². The van der Waals surface area contributed by atoms with Crippen LogP contribution in [0.2, 0.25) is 18.1 Å². The summed E-state index contributed by atoms with van der Waals surface area (Å²) in [6.45, 7) is 15.1. The van der Waals surface area contributed by atoms with Gasteiger partial charge in [-0.3, -0.25) is 9.59 Å². The standard InChI is InChI=1S/C18H34O5Si/c1-8-21-15(19)18(16(20)22-9-2)12-10-14(11-13-18)23-24(6,7)17(3,4)5/h14H,8-13H2,1-7H3. The van der Waals surface area contributed by atoms with Crippen molar-refractivity contribution in [2.45, 2.75) is 84.5 Å². The average molecular weight is 359 g/mol. The molecule has 1 fully saturated rings. The second kappa shape index (κ2) is 8.00. The SMILES string of the molecule is CCOC(=O)C1(C(=O)OCC)CCC(O[Si](C)(C)C(C)(C)C)CC1. The molecule has 0 aromatic heterocycles. The van der Waals surface area contributed by atoms with Crippen LogP contribution in [0.15, 0.2) is 0 Å². The molecule has 1 aliphatic rings. The highest BCUT2D eigenvalue weighted by molar-refractivity contribution is 6.74. The number of carbonyl (C=O) groups is 2. The van der Waals surface area contributed by atoms with Crippen LogP contribution >= 0.6 is 0 Å². The van der Waals surface area contributed by atoms with E-state index in [1.54, 1.807) is 13.8 Å². The number of hydrogen-bond donors (Lipinski definition) is 0. The molecule has 1 rings (SSSR count). The van der Waals surface area contributed by atoms with Crippen LogP contribution in [0, 0.1) is 5.41 Å². The number of ether oxygens (including phenoxy) is 2. The molecule has 0 saturated heterocycles. The monoisotopic (exact) mass is 358 g/mol. The van der Waals surface area contributed by atoms with E-state index in [2.05, 4.69) is 33.9 Å². The largest absolute Gasteiger partial charge is 0.465 e. The van der Waals surface area contributed by atoms with Gasteiger partial charge in [0, 0.05) is 6.10 Å². The first-order valence-electron chi connectivity index (χ1n) is 9.02. The average Bonchev–Trinajstić information content (AvgIpc) is 2.47. The van der Waals surface area contributed by atoms with Gasteiger partial charge in [-0.2, -0.15) is 0 Å². The van der Waals surface area contributed by atoms with Crippen LogP contribution in [-0.2, 0) is 23.5 Å². The first kappa shape index (κ1) is 21.2. The fraction of sp³-hybridized carbons (Fsp3) is 0.889. The number of hydrogen-bond acceptors (Lipinski definition) is 5. The molecule has 0 bridgehead atoms. The molecule has 0 aliphatic heterocycles. The van der Waals surface area contributed by atoms with E-state index in [1.807, 2.05) is 0 Å². The topological polar surface area (TPSA) is 61.8 Å². The Morgan fingerprint density at radius 2 is 1.42 bits per heavy atom. The van der Waals surface area contributed by atoms with Crippen molar-refractivity contribution in [1.82, 2.24) is 0 Å². The lowest BCUT2D eigenvalue weighted by Crippen LogP contribution is -2.49. The zero-order chi connectivity index (χ0) is 18.6. The Labute approximate surface area is 147 Å². The van der Waals surface area contributed by atoms with E-state index in [9.17, 15) is 9.59 Å². The lowest BCUT2D eigenvalue weighted by Gasteiger charge is -2.42. The molecule has 0 amide bonds. The van der Waals surface area contributed by atoms with E-state index in [0.717, 1.165) is 0 Å². The molecule has 24 heavy (non-hydrogen) atoms. The van der Waals surface area contributed by atoms with Gasteiger partial charge < -0.3 is 13.9 Å². The Hall–Kier alpha value is -0.883. The molecular weight excluding hydrogens is 324 g/mol. The predicted molar refractivity (Wildman–Crippen MR) is 96.2 cm³/mol. The Bertz CT molecular complexity index is 425. The molecule has 0 aromatic rings. The second-order valence-corrected chi connectivity index (χ2v) is 12.9. The third-order valence-corrected chi connectivity index (χ3v) is 9.92. The van der Waals surface area contributed by atoms with Crippen molar-refractivity contribution < 1.29 is 23.5 Å². The minimum atomic E-state index is -1.86. The molecule has 5 nitrogen and oxygen atoms in total. The normalized spacial score (nSPS) is 19.0. The van der Waals surface area contributed by atoms with Crippen LogP contribution in [0.1, 0.15) is 60.3 Å². The molecule has 0 N–H and O–H groups in total. The van der Waals surface area contributed by atoms with Gasteiger partial charge >= 0.3 is 11.9 Å². The summed E-state index contributed by atoms with van der Waals surface area (Å²) in [5.74, 6) is -0.900. The van der Waals surface area contributed by atoms with Gasteiger partial charge in [0.05, 0.1) is 13.2 Å². The molecule has 0 unspecified atom stereocenters. The molecule has 6 heteroatoms. The maximum Gasteiger partial charge on any atom is 0.323 e. The van der Waals surface area contributed by atoms with Crippen LogP contribution in [0.5, 0.6) is 0 Å². The zero-order valence-corrected chi connectivity index (χ0v) is 17.4. The van der Waals surface area contributed by atoms with Crippen LogP contribution in [0.3, 0.4) is 0 Å². The highest BCUT2D eigenvalue weighted by Gasteiger charge is 2.52. The molecule has 0 heterocycles. The fourth-order valence-electron chi connectivity index (χ4n) is 2.83. The zero-order valence-electron chi connectivity index (χ0n) is 16.4. The van der Waals surface area contributed by atoms with Crippen molar-refractivity contribution in [1.29, 1.82) is 0 Å². The van der Waals surface area contributed by atoms with Crippen molar-refractivity contribution in [3.05, 3.63) is 0 Å². The van der Waals surface area contributed by atoms with Gasteiger partial charge in [0.15, 0.2) is 13.7 Å². The van der Waals surface area contributed by atoms with E-state index in [1.165, 1.54) is 0 Å². The molecule has 0 spiro atoms. The van der Waals surface area contributed by atoms with Crippen LogP contribution < -0.4 is 0 Å². The second-order valence-electron chi connectivity index (χ2n) is 8.10. The van der Waals surface area contributed by atoms with Crippen molar-refractivity contribution in [3.8, 4) is 0 Å². The van der Waals surface area contributed by atoms with Crippen molar-refractivity contribution in [2.24, 2.45) is 5.41 Å². The van der Waals surface area contributed by atoms with Crippen LogP contribution in [-0.4, -0.2) is 39.6 Å². The maximum absolute atomic E-state index is 12.4. The molecule has 0 atom stereocenters. The first-order valence-corrected chi connectivity index (χ1v) is 11.9. The lowest BCUT2D eigenvalue weighted by atomic mass is 9.73. The third-order valence-electron chi connectivity index (χ3n) is 5.39. The Morgan fingerprint density at radius 1 is 1.00 bits per heavy atom. The van der Waals surface area contributed by atoms with Gasteiger partial charge in [0.1, 0.15) is 0 Å². The highest BCUT2D eigenvalue weighted by Crippen LogP contribution is 2.43. The maximum atomic E-state index is 12.4. The van der Waals surface area contributed by atoms with Crippen LogP contribution in [0.25, 0.3) is 0 Å². The van der Waals surface area contributed by atoms with E-state index in [0.29, 0.717) is 25.7 Å². The summed E-state index contributed by atoms with van der Waals surface area (Å²) in [6.07, 6.45) is 2.34. The summed E-state index contributed by atoms with van der Waals surface area (Å²) in [7, 11) is -1.86. The minimum Gasteiger partial charge on any atom is -0.465 e. The Kier molecular flexibility index (Phi) is 7.05. The van der Waals surface area contributed by atoms with Gasteiger partial charge in [-0.05, 0) is 57.7 Å². The van der Waals surface area contributed by atoms with Crippen molar-refractivity contribution in [2.75, 3.05) is 13.2 Å². The Balaban J connectivity index is 2.83. The van der Waals surface area contributed by atoms with Gasteiger partial charge in [-0.1, -0.05) is 20.8 Å².